The molecule has 5 heteroatoms. The third-order valence-electron chi connectivity index (χ3n) is 3.77. The van der Waals surface area contributed by atoms with E-state index in [0.717, 1.165) is 22.7 Å². The molecule has 2 aromatic rings. The third-order valence-corrected chi connectivity index (χ3v) is 4.38. The van der Waals surface area contributed by atoms with Crippen molar-refractivity contribution in [2.75, 3.05) is 12.0 Å². The SMILES string of the molecule is CSCCC(=O)N[C@@H](C)c1cnn(-c2ccccc2C)c1C. The summed E-state index contributed by atoms with van der Waals surface area (Å²) in [6, 6.07) is 8.13. The monoisotopic (exact) mass is 317 g/mol. The Hall–Kier alpha value is -1.75. The van der Waals surface area contributed by atoms with Crippen LogP contribution in [-0.2, 0) is 4.79 Å². The minimum atomic E-state index is -0.0351. The zero-order valence-electron chi connectivity index (χ0n) is 13.6. The molecule has 0 bridgehead atoms. The van der Waals surface area contributed by atoms with E-state index in [9.17, 15) is 4.79 Å². The highest BCUT2D eigenvalue weighted by molar-refractivity contribution is 7.98. The van der Waals surface area contributed by atoms with Crippen LogP contribution in [0.15, 0.2) is 30.5 Å². The van der Waals surface area contributed by atoms with E-state index in [0.29, 0.717) is 6.42 Å². The molecule has 0 spiro atoms. The Morgan fingerprint density at radius 1 is 1.36 bits per heavy atom. The van der Waals surface area contributed by atoms with Gasteiger partial charge < -0.3 is 5.32 Å². The van der Waals surface area contributed by atoms with Gasteiger partial charge in [0.05, 0.1) is 17.9 Å². The number of nitrogens with zero attached hydrogens (tertiary/aromatic N) is 2. The number of para-hydroxylation sites is 1. The van der Waals surface area contributed by atoms with Gasteiger partial charge in [0.2, 0.25) is 5.91 Å². The Kier molecular flexibility index (Phi) is 5.66. The molecule has 1 aromatic carbocycles. The molecule has 0 fully saturated rings. The van der Waals surface area contributed by atoms with Crippen molar-refractivity contribution in [2.45, 2.75) is 33.2 Å². The lowest BCUT2D eigenvalue weighted by molar-refractivity contribution is -0.121. The molecular weight excluding hydrogens is 294 g/mol. The average molecular weight is 317 g/mol. The van der Waals surface area contributed by atoms with Gasteiger partial charge >= 0.3 is 0 Å². The van der Waals surface area contributed by atoms with Gasteiger partial charge in [0.25, 0.3) is 0 Å². The Morgan fingerprint density at radius 2 is 2.09 bits per heavy atom. The third kappa shape index (κ3) is 3.71. The maximum absolute atomic E-state index is 11.9. The van der Waals surface area contributed by atoms with Gasteiger partial charge in [-0.25, -0.2) is 4.68 Å². The normalized spacial score (nSPS) is 12.2. The lowest BCUT2D eigenvalue weighted by atomic mass is 10.1. The highest BCUT2D eigenvalue weighted by atomic mass is 32.2. The van der Waals surface area contributed by atoms with Crippen LogP contribution in [0.2, 0.25) is 0 Å². The molecule has 1 atom stereocenters. The zero-order valence-corrected chi connectivity index (χ0v) is 14.4. The second-order valence-corrected chi connectivity index (χ2v) is 6.40. The van der Waals surface area contributed by atoms with Crippen LogP contribution in [0.1, 0.15) is 36.2 Å². The van der Waals surface area contributed by atoms with Gasteiger partial charge in [-0.1, -0.05) is 18.2 Å². The number of carbonyl (C=O) groups excluding carboxylic acids is 1. The quantitative estimate of drug-likeness (QED) is 0.888. The van der Waals surface area contributed by atoms with Gasteiger partial charge in [0.15, 0.2) is 0 Å². The molecule has 0 saturated heterocycles. The van der Waals surface area contributed by atoms with E-state index in [-0.39, 0.29) is 11.9 Å². The van der Waals surface area contributed by atoms with Crippen molar-refractivity contribution >= 4 is 17.7 Å². The Bertz CT molecular complexity index is 651. The molecule has 1 N–H and O–H groups in total. The van der Waals surface area contributed by atoms with Crippen molar-refractivity contribution in [3.8, 4) is 5.69 Å². The molecule has 22 heavy (non-hydrogen) atoms. The Labute approximate surface area is 136 Å². The summed E-state index contributed by atoms with van der Waals surface area (Å²) in [5.74, 6) is 0.935. The summed E-state index contributed by atoms with van der Waals surface area (Å²) in [6.45, 7) is 6.12. The van der Waals surface area contributed by atoms with Crippen LogP contribution >= 0.6 is 11.8 Å². The molecule has 0 aliphatic rings. The number of rotatable bonds is 6. The summed E-state index contributed by atoms with van der Waals surface area (Å²) < 4.78 is 1.94. The largest absolute Gasteiger partial charge is 0.349 e. The molecule has 118 valence electrons. The molecule has 0 saturated carbocycles. The number of thioether (sulfide) groups is 1. The van der Waals surface area contributed by atoms with Crippen LogP contribution in [0.5, 0.6) is 0 Å². The van der Waals surface area contributed by atoms with E-state index < -0.39 is 0 Å². The van der Waals surface area contributed by atoms with Gasteiger partial charge in [-0.15, -0.1) is 0 Å². The van der Waals surface area contributed by atoms with Crippen LogP contribution in [0.3, 0.4) is 0 Å². The van der Waals surface area contributed by atoms with Crippen molar-refractivity contribution in [1.82, 2.24) is 15.1 Å². The number of hydrogen-bond donors (Lipinski definition) is 1. The molecule has 0 radical (unpaired) electrons. The van der Waals surface area contributed by atoms with Crippen LogP contribution in [0.25, 0.3) is 5.69 Å². The van der Waals surface area contributed by atoms with E-state index in [1.807, 2.05) is 43.1 Å². The molecule has 0 aliphatic heterocycles. The van der Waals surface area contributed by atoms with E-state index >= 15 is 0 Å². The number of benzene rings is 1. The number of nitrogens with one attached hydrogen (secondary N) is 1. The van der Waals surface area contributed by atoms with Gasteiger partial charge in [0, 0.05) is 23.4 Å². The molecular formula is C17H23N3OS. The predicted octanol–water partition coefficient (Wildman–Crippen LogP) is 3.42. The summed E-state index contributed by atoms with van der Waals surface area (Å²) in [5, 5.41) is 7.54. The van der Waals surface area contributed by atoms with E-state index in [1.165, 1.54) is 5.56 Å². The number of aryl methyl sites for hydroxylation is 1. The first kappa shape index (κ1) is 16.6. The maximum Gasteiger partial charge on any atom is 0.221 e. The van der Waals surface area contributed by atoms with Crippen molar-refractivity contribution < 1.29 is 4.79 Å². The average Bonchev–Trinajstić information content (AvgIpc) is 2.87. The zero-order chi connectivity index (χ0) is 16.1. The molecule has 0 unspecified atom stereocenters. The smallest absolute Gasteiger partial charge is 0.221 e. The van der Waals surface area contributed by atoms with Gasteiger partial charge in [-0.2, -0.15) is 16.9 Å². The van der Waals surface area contributed by atoms with Crippen molar-refractivity contribution in [2.24, 2.45) is 0 Å². The molecule has 0 aliphatic carbocycles. The number of hydrogen-bond acceptors (Lipinski definition) is 3. The number of amides is 1. The summed E-state index contributed by atoms with van der Waals surface area (Å²) in [4.78, 5) is 11.9. The summed E-state index contributed by atoms with van der Waals surface area (Å²) in [6.07, 6.45) is 4.41. The standard InChI is InChI=1S/C17H23N3OS/c1-12-7-5-6-8-16(12)20-14(3)15(11-18-20)13(2)19-17(21)9-10-22-4/h5-8,11,13H,9-10H2,1-4H3,(H,19,21)/t13-/m0/s1. The Morgan fingerprint density at radius 3 is 2.77 bits per heavy atom. The molecule has 1 amide bonds. The minimum absolute atomic E-state index is 0.0351. The summed E-state index contributed by atoms with van der Waals surface area (Å²) in [7, 11) is 0. The van der Waals surface area contributed by atoms with Gasteiger partial charge in [0.1, 0.15) is 0 Å². The number of carbonyl (C=O) groups is 1. The Balaban J connectivity index is 2.17. The fourth-order valence-corrected chi connectivity index (χ4v) is 2.87. The van der Waals surface area contributed by atoms with Crippen LogP contribution < -0.4 is 5.32 Å². The van der Waals surface area contributed by atoms with Crippen molar-refractivity contribution in [1.29, 1.82) is 0 Å². The number of aromatic nitrogens is 2. The molecule has 2 rings (SSSR count). The van der Waals surface area contributed by atoms with Crippen LogP contribution in [0, 0.1) is 13.8 Å². The minimum Gasteiger partial charge on any atom is -0.349 e. The predicted molar refractivity (Wildman–Crippen MR) is 92.6 cm³/mol. The first-order valence-corrected chi connectivity index (χ1v) is 8.82. The maximum atomic E-state index is 11.9. The van der Waals surface area contributed by atoms with Crippen molar-refractivity contribution in [3.05, 3.63) is 47.3 Å². The first-order valence-electron chi connectivity index (χ1n) is 7.43. The molecule has 1 heterocycles. The van der Waals surface area contributed by atoms with Crippen LogP contribution in [-0.4, -0.2) is 27.7 Å². The molecule has 1 aromatic heterocycles. The molecule has 4 nitrogen and oxygen atoms in total. The van der Waals surface area contributed by atoms with E-state index in [2.05, 4.69) is 29.5 Å². The fourth-order valence-electron chi connectivity index (χ4n) is 2.48. The van der Waals surface area contributed by atoms with E-state index in [4.69, 9.17) is 0 Å². The first-order chi connectivity index (χ1) is 10.5. The summed E-state index contributed by atoms with van der Waals surface area (Å²) in [5.41, 5.74) is 4.37. The van der Waals surface area contributed by atoms with Gasteiger partial charge in [-0.3, -0.25) is 4.79 Å². The summed E-state index contributed by atoms with van der Waals surface area (Å²) >= 11 is 1.68. The highest BCUT2D eigenvalue weighted by Gasteiger charge is 2.16. The van der Waals surface area contributed by atoms with E-state index in [1.54, 1.807) is 11.8 Å². The second kappa shape index (κ2) is 7.49. The van der Waals surface area contributed by atoms with Gasteiger partial charge in [-0.05, 0) is 38.7 Å². The lowest BCUT2D eigenvalue weighted by Crippen LogP contribution is -2.27. The second-order valence-electron chi connectivity index (χ2n) is 5.42. The topological polar surface area (TPSA) is 46.9 Å². The van der Waals surface area contributed by atoms with Crippen molar-refractivity contribution in [3.63, 3.8) is 0 Å². The highest BCUT2D eigenvalue weighted by Crippen LogP contribution is 2.22. The fraction of sp³-hybridized carbons (Fsp3) is 0.412. The van der Waals surface area contributed by atoms with Crippen LogP contribution in [0.4, 0.5) is 0 Å². The lowest BCUT2D eigenvalue weighted by Gasteiger charge is -2.14.